The number of pyridine rings is 1. The zero-order chi connectivity index (χ0) is 15.8. The second kappa shape index (κ2) is 5.57. The van der Waals surface area contributed by atoms with Gasteiger partial charge in [-0.2, -0.15) is 5.10 Å². The van der Waals surface area contributed by atoms with Gasteiger partial charge in [0.25, 0.3) is 5.91 Å². The van der Waals surface area contributed by atoms with E-state index in [0.717, 1.165) is 55.8 Å². The first-order valence-electron chi connectivity index (χ1n) is 7.94. The average molecular weight is 313 g/mol. The van der Waals surface area contributed by atoms with E-state index in [1.807, 2.05) is 10.7 Å². The number of anilines is 2. The Morgan fingerprint density at radius 1 is 1.39 bits per heavy atom. The second-order valence-corrected chi connectivity index (χ2v) is 5.87. The van der Waals surface area contributed by atoms with Gasteiger partial charge in [-0.3, -0.25) is 4.79 Å². The van der Waals surface area contributed by atoms with Crippen LogP contribution in [0.25, 0.3) is 0 Å². The van der Waals surface area contributed by atoms with Crippen molar-refractivity contribution in [1.82, 2.24) is 14.8 Å². The minimum Gasteiger partial charge on any atom is -0.480 e. The van der Waals surface area contributed by atoms with Crippen LogP contribution < -0.4 is 15.4 Å². The lowest BCUT2D eigenvalue weighted by atomic mass is 10.1. The fourth-order valence-electron chi connectivity index (χ4n) is 3.23. The second-order valence-electron chi connectivity index (χ2n) is 5.87. The molecule has 1 aliphatic carbocycles. The van der Waals surface area contributed by atoms with Crippen LogP contribution in [0.5, 0.6) is 5.88 Å². The third-order valence-corrected chi connectivity index (χ3v) is 4.38. The first kappa shape index (κ1) is 14.0. The number of hydrogen-bond donors (Lipinski definition) is 2. The normalized spacial score (nSPS) is 15.5. The SMILES string of the molecule is COc1nc2c(cc1C(=O)Nc1cnn3c1NCCC3)CCC2. The molecule has 4 rings (SSSR count). The number of aryl methyl sites for hydroxylation is 3. The summed E-state index contributed by atoms with van der Waals surface area (Å²) in [4.78, 5) is 17.2. The Labute approximate surface area is 134 Å². The van der Waals surface area contributed by atoms with Crippen LogP contribution in [-0.2, 0) is 19.4 Å². The Morgan fingerprint density at radius 2 is 2.30 bits per heavy atom. The summed E-state index contributed by atoms with van der Waals surface area (Å²) < 4.78 is 7.19. The van der Waals surface area contributed by atoms with Crippen molar-refractivity contribution >= 4 is 17.4 Å². The number of aromatic nitrogens is 3. The van der Waals surface area contributed by atoms with Crippen molar-refractivity contribution in [2.24, 2.45) is 0 Å². The molecule has 1 amide bonds. The summed E-state index contributed by atoms with van der Waals surface area (Å²) in [5, 5.41) is 10.5. The van der Waals surface area contributed by atoms with Crippen LogP contribution in [0.4, 0.5) is 11.5 Å². The molecule has 1 aliphatic heterocycles. The molecule has 7 nitrogen and oxygen atoms in total. The lowest BCUT2D eigenvalue weighted by molar-refractivity contribution is 0.102. The molecular weight excluding hydrogens is 294 g/mol. The van der Waals surface area contributed by atoms with E-state index >= 15 is 0 Å². The molecule has 2 aliphatic rings. The maximum atomic E-state index is 12.7. The predicted octanol–water partition coefficient (Wildman–Crippen LogP) is 1.84. The number of nitrogens with zero attached hydrogens (tertiary/aromatic N) is 3. The summed E-state index contributed by atoms with van der Waals surface area (Å²) in [6.07, 6.45) is 5.71. The van der Waals surface area contributed by atoms with E-state index in [-0.39, 0.29) is 5.91 Å². The topological polar surface area (TPSA) is 81.1 Å². The number of nitrogens with one attached hydrogen (secondary N) is 2. The number of carbonyl (C=O) groups is 1. The highest BCUT2D eigenvalue weighted by molar-refractivity contribution is 6.07. The maximum absolute atomic E-state index is 12.7. The molecule has 2 N–H and O–H groups in total. The van der Waals surface area contributed by atoms with Crippen molar-refractivity contribution in [1.29, 1.82) is 0 Å². The van der Waals surface area contributed by atoms with Crippen LogP contribution in [0.1, 0.15) is 34.5 Å². The number of ether oxygens (including phenoxy) is 1. The van der Waals surface area contributed by atoms with Crippen LogP contribution in [0.3, 0.4) is 0 Å². The van der Waals surface area contributed by atoms with Crippen LogP contribution in [0, 0.1) is 0 Å². The van der Waals surface area contributed by atoms with Gasteiger partial charge in [0.05, 0.1) is 13.3 Å². The highest BCUT2D eigenvalue weighted by Crippen LogP contribution is 2.29. The third kappa shape index (κ3) is 2.42. The molecule has 2 aromatic heterocycles. The fraction of sp³-hybridized carbons (Fsp3) is 0.438. The number of methoxy groups -OCH3 is 1. The van der Waals surface area contributed by atoms with E-state index in [1.165, 1.54) is 0 Å². The minimum absolute atomic E-state index is 0.216. The smallest absolute Gasteiger partial charge is 0.261 e. The monoisotopic (exact) mass is 313 g/mol. The summed E-state index contributed by atoms with van der Waals surface area (Å²) in [6.45, 7) is 1.75. The van der Waals surface area contributed by atoms with E-state index in [0.29, 0.717) is 17.1 Å². The van der Waals surface area contributed by atoms with Gasteiger partial charge in [-0.05, 0) is 37.3 Å². The van der Waals surface area contributed by atoms with Gasteiger partial charge in [0.2, 0.25) is 5.88 Å². The molecule has 0 saturated carbocycles. The zero-order valence-electron chi connectivity index (χ0n) is 13.1. The summed E-state index contributed by atoms with van der Waals surface area (Å²) >= 11 is 0. The number of rotatable bonds is 3. The lowest BCUT2D eigenvalue weighted by Crippen LogP contribution is -2.20. The van der Waals surface area contributed by atoms with Crippen molar-refractivity contribution in [2.45, 2.75) is 32.2 Å². The van der Waals surface area contributed by atoms with Crippen LogP contribution >= 0.6 is 0 Å². The molecule has 120 valence electrons. The molecule has 2 aromatic rings. The molecule has 3 heterocycles. The largest absolute Gasteiger partial charge is 0.480 e. The van der Waals surface area contributed by atoms with Crippen LogP contribution in [0.2, 0.25) is 0 Å². The van der Waals surface area contributed by atoms with E-state index in [1.54, 1.807) is 13.3 Å². The van der Waals surface area contributed by atoms with Crippen molar-refractivity contribution in [3.8, 4) is 5.88 Å². The Bertz CT molecular complexity index is 768. The van der Waals surface area contributed by atoms with Crippen LogP contribution in [0.15, 0.2) is 12.3 Å². The van der Waals surface area contributed by atoms with Crippen molar-refractivity contribution in [3.63, 3.8) is 0 Å². The lowest BCUT2D eigenvalue weighted by Gasteiger charge is -2.17. The van der Waals surface area contributed by atoms with E-state index in [2.05, 4.69) is 20.7 Å². The highest BCUT2D eigenvalue weighted by Gasteiger charge is 2.23. The first-order chi connectivity index (χ1) is 11.3. The molecule has 0 aromatic carbocycles. The Kier molecular flexibility index (Phi) is 3.40. The summed E-state index contributed by atoms with van der Waals surface area (Å²) in [5.74, 6) is 1.03. The van der Waals surface area contributed by atoms with Gasteiger partial charge >= 0.3 is 0 Å². The molecule has 0 radical (unpaired) electrons. The van der Waals surface area contributed by atoms with Gasteiger partial charge in [0.15, 0.2) is 0 Å². The third-order valence-electron chi connectivity index (χ3n) is 4.38. The number of hydrogen-bond acceptors (Lipinski definition) is 5. The quantitative estimate of drug-likeness (QED) is 0.904. The molecule has 0 unspecified atom stereocenters. The van der Waals surface area contributed by atoms with Gasteiger partial charge in [0, 0.05) is 18.8 Å². The maximum Gasteiger partial charge on any atom is 0.261 e. The van der Waals surface area contributed by atoms with Gasteiger partial charge < -0.3 is 15.4 Å². The van der Waals surface area contributed by atoms with E-state index in [4.69, 9.17) is 4.74 Å². The summed E-state index contributed by atoms with van der Waals surface area (Å²) in [6, 6.07) is 1.91. The molecule has 0 saturated heterocycles. The number of fused-ring (bicyclic) bond motifs is 2. The van der Waals surface area contributed by atoms with Crippen molar-refractivity contribution < 1.29 is 9.53 Å². The minimum atomic E-state index is -0.216. The Hall–Kier alpha value is -2.57. The average Bonchev–Trinajstić information content (AvgIpc) is 3.20. The van der Waals surface area contributed by atoms with Gasteiger partial charge in [-0.1, -0.05) is 0 Å². The molecular formula is C16H19N5O2. The molecule has 0 spiro atoms. The zero-order valence-corrected chi connectivity index (χ0v) is 13.1. The van der Waals surface area contributed by atoms with Gasteiger partial charge in [0.1, 0.15) is 17.1 Å². The number of carbonyl (C=O) groups excluding carboxylic acids is 1. The highest BCUT2D eigenvalue weighted by atomic mass is 16.5. The summed E-state index contributed by atoms with van der Waals surface area (Å²) in [7, 11) is 1.55. The Balaban J connectivity index is 1.63. The molecule has 0 atom stereocenters. The molecule has 0 fully saturated rings. The van der Waals surface area contributed by atoms with Gasteiger partial charge in [-0.25, -0.2) is 9.67 Å². The number of amides is 1. The van der Waals surface area contributed by atoms with Crippen LogP contribution in [-0.4, -0.2) is 34.3 Å². The molecule has 23 heavy (non-hydrogen) atoms. The van der Waals surface area contributed by atoms with Crippen molar-refractivity contribution in [2.75, 3.05) is 24.3 Å². The Morgan fingerprint density at radius 3 is 3.17 bits per heavy atom. The predicted molar refractivity (Wildman–Crippen MR) is 86.1 cm³/mol. The van der Waals surface area contributed by atoms with Gasteiger partial charge in [-0.15, -0.1) is 0 Å². The van der Waals surface area contributed by atoms with E-state index < -0.39 is 0 Å². The van der Waals surface area contributed by atoms with E-state index in [9.17, 15) is 4.79 Å². The standard InChI is InChI=1S/C16H19N5O2/c1-23-16-11(8-10-4-2-5-12(10)20-16)15(22)19-13-9-18-21-7-3-6-17-14(13)21/h8-9,17H,2-7H2,1H3,(H,19,22). The molecule has 0 bridgehead atoms. The molecule has 7 heteroatoms. The first-order valence-corrected chi connectivity index (χ1v) is 7.94. The van der Waals surface area contributed by atoms with Crippen molar-refractivity contribution in [3.05, 3.63) is 29.1 Å². The fourth-order valence-corrected chi connectivity index (χ4v) is 3.23. The summed E-state index contributed by atoms with van der Waals surface area (Å²) in [5.41, 5.74) is 3.36.